The molecule has 2 fully saturated rings. The fourth-order valence-corrected chi connectivity index (χ4v) is 3.57. The molecule has 2 aromatic rings. The van der Waals surface area contributed by atoms with Crippen LogP contribution in [0.5, 0.6) is 0 Å². The van der Waals surface area contributed by atoms with E-state index in [0.29, 0.717) is 26.6 Å². The monoisotopic (exact) mass is 364 g/mol. The van der Waals surface area contributed by atoms with Gasteiger partial charge >= 0.3 is 0 Å². The molecule has 1 N–H and O–H groups in total. The second-order valence-electron chi connectivity index (χ2n) is 6.35. The third-order valence-corrected chi connectivity index (χ3v) is 5.05. The first kappa shape index (κ1) is 16.1. The van der Waals surface area contributed by atoms with Crippen LogP contribution in [-0.4, -0.2) is 53.0 Å². The number of nitrogens with zero attached hydrogens (tertiary/aromatic N) is 3. The fraction of sp³-hybridized carbons (Fsp3) is 0.412. The van der Waals surface area contributed by atoms with E-state index in [-0.39, 0.29) is 5.91 Å². The van der Waals surface area contributed by atoms with Crippen LogP contribution in [0.1, 0.15) is 23.2 Å². The van der Waals surface area contributed by atoms with Gasteiger partial charge in [0, 0.05) is 42.6 Å². The van der Waals surface area contributed by atoms with Crippen molar-refractivity contribution in [2.24, 2.45) is 0 Å². The average molecular weight is 365 g/mol. The molecule has 0 bridgehead atoms. The third kappa shape index (κ3) is 3.35. The van der Waals surface area contributed by atoms with E-state index < -0.39 is 0 Å². The summed E-state index contributed by atoms with van der Waals surface area (Å²) >= 11 is 12.1. The Balaban J connectivity index is 1.52. The van der Waals surface area contributed by atoms with Crippen LogP contribution in [0.4, 0.5) is 0 Å². The molecule has 2 heterocycles. The summed E-state index contributed by atoms with van der Waals surface area (Å²) in [7, 11) is 0. The zero-order chi connectivity index (χ0) is 16.7. The highest BCUT2D eigenvalue weighted by Gasteiger charge is 2.31. The van der Waals surface area contributed by atoms with Crippen molar-refractivity contribution in [3.63, 3.8) is 0 Å². The van der Waals surface area contributed by atoms with E-state index in [1.54, 1.807) is 24.3 Å². The molecule has 2 aliphatic rings. The van der Waals surface area contributed by atoms with Crippen molar-refractivity contribution in [1.29, 1.82) is 0 Å². The number of hydrogen-bond acceptors (Lipinski definition) is 4. The van der Waals surface area contributed by atoms with Crippen molar-refractivity contribution in [3.05, 3.63) is 40.0 Å². The maximum Gasteiger partial charge on any atom is 0.266 e. The van der Waals surface area contributed by atoms with Gasteiger partial charge in [0.2, 0.25) is 0 Å². The zero-order valence-electron chi connectivity index (χ0n) is 13.1. The highest BCUT2D eigenvalue weighted by molar-refractivity contribution is 6.32. The van der Waals surface area contributed by atoms with E-state index in [0.717, 1.165) is 32.2 Å². The van der Waals surface area contributed by atoms with Gasteiger partial charge in [-0.05, 0) is 37.1 Å². The lowest BCUT2D eigenvalue weighted by atomic mass is 10.1. The maximum atomic E-state index is 12.7. The molecule has 1 aromatic heterocycles. The van der Waals surface area contributed by atoms with Gasteiger partial charge in [0.15, 0.2) is 0 Å². The van der Waals surface area contributed by atoms with Gasteiger partial charge in [0.1, 0.15) is 5.15 Å². The number of rotatable bonds is 3. The van der Waals surface area contributed by atoms with Crippen LogP contribution >= 0.6 is 23.2 Å². The number of carbonyl (C=O) groups is 1. The number of carbonyl (C=O) groups excluding carboxylic acids is 1. The Morgan fingerprint density at radius 2 is 1.88 bits per heavy atom. The number of piperazine rings is 1. The second-order valence-corrected chi connectivity index (χ2v) is 7.17. The fourth-order valence-electron chi connectivity index (χ4n) is 3.20. The van der Waals surface area contributed by atoms with Crippen LogP contribution in [0.3, 0.4) is 0 Å². The van der Waals surface area contributed by atoms with Gasteiger partial charge in [0.05, 0.1) is 11.1 Å². The standard InChI is InChI=1S/C17H18Cl2N4O/c18-11-1-4-15-13(9-11)14(10-16(19)20-15)17(24)21-23-7-5-22(6-8-23)12-2-3-12/h1,4,9-10,12H,2-3,5-8H2,(H,21,24). The Morgan fingerprint density at radius 3 is 2.58 bits per heavy atom. The van der Waals surface area contributed by atoms with Crippen LogP contribution in [0, 0.1) is 0 Å². The molecule has 1 amide bonds. The number of hydrogen-bond donors (Lipinski definition) is 1. The minimum absolute atomic E-state index is 0.175. The van der Waals surface area contributed by atoms with Crippen molar-refractivity contribution in [2.45, 2.75) is 18.9 Å². The molecule has 1 aromatic carbocycles. The summed E-state index contributed by atoms with van der Waals surface area (Å²) in [6, 6.07) is 7.63. The molecule has 7 heteroatoms. The van der Waals surface area contributed by atoms with Crippen molar-refractivity contribution in [1.82, 2.24) is 20.3 Å². The quantitative estimate of drug-likeness (QED) is 0.850. The Hall–Kier alpha value is -1.40. The van der Waals surface area contributed by atoms with Crippen LogP contribution in [0.25, 0.3) is 10.9 Å². The van der Waals surface area contributed by atoms with Crippen molar-refractivity contribution in [2.75, 3.05) is 26.2 Å². The predicted octanol–water partition coefficient (Wildman–Crippen LogP) is 2.97. The topological polar surface area (TPSA) is 48.5 Å². The minimum atomic E-state index is -0.175. The lowest BCUT2D eigenvalue weighted by Crippen LogP contribution is -2.54. The zero-order valence-corrected chi connectivity index (χ0v) is 14.6. The highest BCUT2D eigenvalue weighted by atomic mass is 35.5. The summed E-state index contributed by atoms with van der Waals surface area (Å²) in [5.41, 5.74) is 4.15. The molecule has 4 rings (SSSR count). The number of fused-ring (bicyclic) bond motifs is 1. The number of halogens is 2. The molecule has 126 valence electrons. The molecular formula is C17H18Cl2N4O. The first-order valence-electron chi connectivity index (χ1n) is 8.16. The van der Waals surface area contributed by atoms with E-state index in [1.807, 2.05) is 5.01 Å². The molecule has 0 unspecified atom stereocenters. The van der Waals surface area contributed by atoms with Crippen molar-refractivity contribution in [3.8, 4) is 0 Å². The Morgan fingerprint density at radius 1 is 1.12 bits per heavy atom. The number of pyridine rings is 1. The van der Waals surface area contributed by atoms with Gasteiger partial charge in [0.25, 0.3) is 5.91 Å². The van der Waals surface area contributed by atoms with Crippen LogP contribution < -0.4 is 5.43 Å². The molecule has 0 atom stereocenters. The molecule has 1 aliphatic heterocycles. The molecule has 24 heavy (non-hydrogen) atoms. The van der Waals surface area contributed by atoms with Crippen molar-refractivity contribution < 1.29 is 4.79 Å². The summed E-state index contributed by atoms with van der Waals surface area (Å²) in [6.07, 6.45) is 2.63. The van der Waals surface area contributed by atoms with E-state index in [1.165, 1.54) is 12.8 Å². The molecule has 0 radical (unpaired) electrons. The number of hydrazine groups is 1. The Bertz CT molecular complexity index is 785. The predicted molar refractivity (Wildman–Crippen MR) is 95.4 cm³/mol. The molecule has 1 saturated heterocycles. The van der Waals surface area contributed by atoms with E-state index in [9.17, 15) is 4.79 Å². The van der Waals surface area contributed by atoms with Crippen LogP contribution in [0.2, 0.25) is 10.2 Å². The van der Waals surface area contributed by atoms with Gasteiger partial charge in [-0.3, -0.25) is 15.1 Å². The Labute approximate surface area is 150 Å². The van der Waals surface area contributed by atoms with Gasteiger partial charge in [-0.25, -0.2) is 9.99 Å². The third-order valence-electron chi connectivity index (χ3n) is 4.62. The molecule has 1 saturated carbocycles. The summed E-state index contributed by atoms with van der Waals surface area (Å²) in [6.45, 7) is 3.66. The lowest BCUT2D eigenvalue weighted by Gasteiger charge is -2.34. The highest BCUT2D eigenvalue weighted by Crippen LogP contribution is 2.27. The number of benzene rings is 1. The number of amides is 1. The Kier molecular flexibility index (Phi) is 4.35. The molecule has 1 aliphatic carbocycles. The van der Waals surface area contributed by atoms with Gasteiger partial charge in [-0.15, -0.1) is 0 Å². The summed E-state index contributed by atoms with van der Waals surface area (Å²) in [5, 5.41) is 3.56. The molecule has 5 nitrogen and oxygen atoms in total. The summed E-state index contributed by atoms with van der Waals surface area (Å²) < 4.78 is 0. The molecule has 0 spiro atoms. The summed E-state index contributed by atoms with van der Waals surface area (Å²) in [4.78, 5) is 19.5. The second kappa shape index (κ2) is 6.48. The first-order chi connectivity index (χ1) is 11.6. The number of nitrogens with one attached hydrogen (secondary N) is 1. The first-order valence-corrected chi connectivity index (χ1v) is 8.91. The number of aromatic nitrogens is 1. The largest absolute Gasteiger partial charge is 0.298 e. The smallest absolute Gasteiger partial charge is 0.266 e. The van der Waals surface area contributed by atoms with Gasteiger partial charge in [-0.2, -0.15) is 0 Å². The van der Waals surface area contributed by atoms with Crippen LogP contribution in [-0.2, 0) is 0 Å². The van der Waals surface area contributed by atoms with E-state index in [2.05, 4.69) is 15.3 Å². The lowest BCUT2D eigenvalue weighted by molar-refractivity contribution is 0.0606. The van der Waals surface area contributed by atoms with Gasteiger partial charge < -0.3 is 0 Å². The molecular weight excluding hydrogens is 347 g/mol. The van der Waals surface area contributed by atoms with Crippen LogP contribution in [0.15, 0.2) is 24.3 Å². The maximum absolute atomic E-state index is 12.7. The minimum Gasteiger partial charge on any atom is -0.298 e. The normalized spacial score (nSPS) is 19.6. The van der Waals surface area contributed by atoms with E-state index in [4.69, 9.17) is 23.2 Å². The SMILES string of the molecule is O=C(NN1CCN(C2CC2)CC1)c1cc(Cl)nc2ccc(Cl)cc12. The van der Waals surface area contributed by atoms with Crippen molar-refractivity contribution >= 4 is 40.0 Å². The summed E-state index contributed by atoms with van der Waals surface area (Å²) in [5.74, 6) is -0.175. The van der Waals surface area contributed by atoms with E-state index >= 15 is 0 Å². The van der Waals surface area contributed by atoms with Gasteiger partial charge in [-0.1, -0.05) is 23.2 Å². The average Bonchev–Trinajstić information content (AvgIpc) is 3.40.